The molecular weight excluding hydrogens is 272 g/mol. The number of aromatic nitrogens is 4. The molecule has 0 aromatic carbocycles. The molecule has 0 aliphatic heterocycles. The van der Waals surface area contributed by atoms with E-state index in [0.717, 1.165) is 17.6 Å². The van der Waals surface area contributed by atoms with Gasteiger partial charge in [-0.1, -0.05) is 26.7 Å². The lowest BCUT2D eigenvalue weighted by Gasteiger charge is -2.34. The SMILES string of the molecule is COc1ncnc2c1[nH]c(=S)n2C1CCCC(C)C1C. The Bertz CT molecular complexity index is 677. The average Bonchev–Trinajstić information content (AvgIpc) is 2.78. The summed E-state index contributed by atoms with van der Waals surface area (Å²) in [5.74, 6) is 1.86. The van der Waals surface area contributed by atoms with Crippen molar-refractivity contribution in [3.63, 3.8) is 0 Å². The normalized spacial score (nSPS) is 26.9. The van der Waals surface area contributed by atoms with Gasteiger partial charge in [0.2, 0.25) is 5.88 Å². The molecule has 0 spiro atoms. The number of aromatic amines is 1. The van der Waals surface area contributed by atoms with Gasteiger partial charge in [0.15, 0.2) is 10.4 Å². The first kappa shape index (κ1) is 13.5. The Hall–Kier alpha value is -1.43. The molecule has 2 aromatic heterocycles. The highest BCUT2D eigenvalue weighted by Gasteiger charge is 2.30. The number of imidazole rings is 1. The molecule has 1 aliphatic carbocycles. The van der Waals surface area contributed by atoms with Crippen molar-refractivity contribution < 1.29 is 4.74 Å². The molecule has 1 aliphatic rings. The van der Waals surface area contributed by atoms with Crippen LogP contribution in [0.3, 0.4) is 0 Å². The number of ether oxygens (including phenoxy) is 1. The van der Waals surface area contributed by atoms with E-state index < -0.39 is 0 Å². The van der Waals surface area contributed by atoms with E-state index in [-0.39, 0.29) is 0 Å². The number of nitrogens with one attached hydrogen (secondary N) is 1. The maximum Gasteiger partial charge on any atom is 0.242 e. The fourth-order valence-corrected chi connectivity index (χ4v) is 3.62. The van der Waals surface area contributed by atoms with Crippen molar-refractivity contribution in [1.29, 1.82) is 0 Å². The molecule has 5 nitrogen and oxygen atoms in total. The average molecular weight is 292 g/mol. The lowest BCUT2D eigenvalue weighted by molar-refractivity contribution is 0.188. The van der Waals surface area contributed by atoms with Crippen molar-refractivity contribution in [1.82, 2.24) is 19.5 Å². The summed E-state index contributed by atoms with van der Waals surface area (Å²) in [5.41, 5.74) is 1.65. The van der Waals surface area contributed by atoms with Gasteiger partial charge in [-0.2, -0.15) is 4.98 Å². The third kappa shape index (κ3) is 2.02. The highest BCUT2D eigenvalue weighted by atomic mass is 32.1. The van der Waals surface area contributed by atoms with E-state index >= 15 is 0 Å². The minimum Gasteiger partial charge on any atom is -0.479 e. The van der Waals surface area contributed by atoms with Gasteiger partial charge in [0.05, 0.1) is 7.11 Å². The number of fused-ring (bicyclic) bond motifs is 1. The lowest BCUT2D eigenvalue weighted by Crippen LogP contribution is -2.27. The molecule has 6 heteroatoms. The van der Waals surface area contributed by atoms with Crippen LogP contribution in [-0.2, 0) is 0 Å². The Morgan fingerprint density at radius 2 is 2.15 bits per heavy atom. The Morgan fingerprint density at radius 3 is 2.90 bits per heavy atom. The van der Waals surface area contributed by atoms with Crippen molar-refractivity contribution in [3.05, 3.63) is 11.1 Å². The van der Waals surface area contributed by atoms with Crippen molar-refractivity contribution in [3.8, 4) is 5.88 Å². The number of H-pyrrole nitrogens is 1. The second-order valence-electron chi connectivity index (χ2n) is 5.72. The Morgan fingerprint density at radius 1 is 1.35 bits per heavy atom. The lowest BCUT2D eigenvalue weighted by atomic mass is 9.78. The summed E-state index contributed by atoms with van der Waals surface area (Å²) in [7, 11) is 1.61. The maximum absolute atomic E-state index is 5.52. The third-order valence-electron chi connectivity index (χ3n) is 4.66. The molecule has 1 fully saturated rings. The van der Waals surface area contributed by atoms with Crippen molar-refractivity contribution in [2.24, 2.45) is 11.8 Å². The van der Waals surface area contributed by atoms with E-state index in [0.29, 0.717) is 28.5 Å². The number of rotatable bonds is 2. The van der Waals surface area contributed by atoms with Gasteiger partial charge in [0.25, 0.3) is 0 Å². The molecule has 0 amide bonds. The van der Waals surface area contributed by atoms with Gasteiger partial charge in [-0.3, -0.25) is 4.57 Å². The molecule has 20 heavy (non-hydrogen) atoms. The van der Waals surface area contributed by atoms with Crippen LogP contribution in [0.5, 0.6) is 5.88 Å². The maximum atomic E-state index is 5.52. The molecule has 0 radical (unpaired) electrons. The standard InChI is InChI=1S/C14H20N4OS/c1-8-5-4-6-10(9(8)2)18-12-11(17-14(18)20)13(19-3)16-7-15-12/h7-10H,4-6H2,1-3H3,(H,17,20). The molecule has 2 heterocycles. The van der Waals surface area contributed by atoms with Crippen LogP contribution in [-0.4, -0.2) is 26.6 Å². The summed E-state index contributed by atoms with van der Waals surface area (Å²) in [5, 5.41) is 0. The second-order valence-corrected chi connectivity index (χ2v) is 6.10. The van der Waals surface area contributed by atoms with Crippen LogP contribution in [0.1, 0.15) is 39.2 Å². The molecule has 3 atom stereocenters. The minimum atomic E-state index is 0.402. The van der Waals surface area contributed by atoms with Crippen LogP contribution in [0.4, 0.5) is 0 Å². The summed E-state index contributed by atoms with van der Waals surface area (Å²) < 4.78 is 8.16. The largest absolute Gasteiger partial charge is 0.479 e. The Labute approximate surface area is 123 Å². The van der Waals surface area contributed by atoms with Crippen LogP contribution in [0.25, 0.3) is 11.2 Å². The van der Waals surface area contributed by atoms with Crippen molar-refractivity contribution in [2.45, 2.75) is 39.2 Å². The quantitative estimate of drug-likeness (QED) is 0.861. The molecule has 3 unspecified atom stereocenters. The second kappa shape index (κ2) is 5.16. The van der Waals surface area contributed by atoms with E-state index in [4.69, 9.17) is 17.0 Å². The fraction of sp³-hybridized carbons (Fsp3) is 0.643. The van der Waals surface area contributed by atoms with E-state index in [2.05, 4.69) is 33.4 Å². The smallest absolute Gasteiger partial charge is 0.242 e. The Balaban J connectivity index is 2.16. The van der Waals surface area contributed by atoms with Gasteiger partial charge < -0.3 is 9.72 Å². The van der Waals surface area contributed by atoms with Crippen LogP contribution < -0.4 is 4.74 Å². The summed E-state index contributed by atoms with van der Waals surface area (Å²) in [4.78, 5) is 11.8. The first-order valence-electron chi connectivity index (χ1n) is 7.12. The molecule has 108 valence electrons. The zero-order valence-electron chi connectivity index (χ0n) is 12.1. The third-order valence-corrected chi connectivity index (χ3v) is 4.96. The molecule has 0 bridgehead atoms. The zero-order valence-corrected chi connectivity index (χ0v) is 12.9. The van der Waals surface area contributed by atoms with Gasteiger partial charge in [-0.15, -0.1) is 0 Å². The number of hydrogen-bond donors (Lipinski definition) is 1. The van der Waals surface area contributed by atoms with Crippen LogP contribution in [0.2, 0.25) is 0 Å². The van der Waals surface area contributed by atoms with Gasteiger partial charge >= 0.3 is 0 Å². The topological polar surface area (TPSA) is 55.7 Å². The van der Waals surface area contributed by atoms with E-state index in [9.17, 15) is 0 Å². The van der Waals surface area contributed by atoms with E-state index in [1.807, 2.05) is 0 Å². The molecule has 2 aromatic rings. The highest BCUT2D eigenvalue weighted by Crippen LogP contribution is 2.39. The van der Waals surface area contributed by atoms with Crippen LogP contribution in [0.15, 0.2) is 6.33 Å². The minimum absolute atomic E-state index is 0.402. The fourth-order valence-electron chi connectivity index (χ4n) is 3.30. The highest BCUT2D eigenvalue weighted by molar-refractivity contribution is 7.71. The van der Waals surface area contributed by atoms with Gasteiger partial charge in [-0.25, -0.2) is 4.98 Å². The van der Waals surface area contributed by atoms with Crippen LogP contribution in [0, 0.1) is 16.6 Å². The number of nitrogens with zero attached hydrogens (tertiary/aromatic N) is 3. The monoisotopic (exact) mass is 292 g/mol. The van der Waals surface area contributed by atoms with Gasteiger partial charge in [-0.05, 0) is 30.5 Å². The molecule has 0 saturated heterocycles. The molecular formula is C14H20N4OS. The predicted octanol–water partition coefficient (Wildman–Crippen LogP) is 3.49. The van der Waals surface area contributed by atoms with E-state index in [1.54, 1.807) is 7.11 Å². The zero-order chi connectivity index (χ0) is 14.3. The molecule has 1 N–H and O–H groups in total. The Kier molecular flexibility index (Phi) is 3.50. The number of hydrogen-bond acceptors (Lipinski definition) is 4. The molecule has 1 saturated carbocycles. The first-order valence-corrected chi connectivity index (χ1v) is 7.53. The number of methoxy groups -OCH3 is 1. The van der Waals surface area contributed by atoms with Crippen molar-refractivity contribution >= 4 is 23.4 Å². The first-order chi connectivity index (χ1) is 9.63. The summed E-state index contributed by atoms with van der Waals surface area (Å²) >= 11 is 5.52. The molecule has 3 rings (SSSR count). The summed E-state index contributed by atoms with van der Waals surface area (Å²) in [6.45, 7) is 4.64. The predicted molar refractivity (Wildman–Crippen MR) is 80.5 cm³/mol. The van der Waals surface area contributed by atoms with Crippen LogP contribution >= 0.6 is 12.2 Å². The van der Waals surface area contributed by atoms with Gasteiger partial charge in [0, 0.05) is 6.04 Å². The van der Waals surface area contributed by atoms with Gasteiger partial charge in [0.1, 0.15) is 11.8 Å². The summed E-state index contributed by atoms with van der Waals surface area (Å²) in [6, 6.07) is 0.402. The van der Waals surface area contributed by atoms with E-state index in [1.165, 1.54) is 19.2 Å². The summed E-state index contributed by atoms with van der Waals surface area (Å²) in [6.07, 6.45) is 5.23. The van der Waals surface area contributed by atoms with Crippen molar-refractivity contribution in [2.75, 3.05) is 7.11 Å².